The summed E-state index contributed by atoms with van der Waals surface area (Å²) in [4.78, 5) is 2.52. The Morgan fingerprint density at radius 2 is 2.11 bits per heavy atom. The lowest BCUT2D eigenvalue weighted by Crippen LogP contribution is -2.32. The maximum Gasteiger partial charge on any atom is 0.145 e. The van der Waals surface area contributed by atoms with Gasteiger partial charge in [-0.25, -0.2) is 0 Å². The van der Waals surface area contributed by atoms with Gasteiger partial charge in [-0.1, -0.05) is 32.4 Å². The van der Waals surface area contributed by atoms with Crippen LogP contribution in [-0.2, 0) is 6.54 Å². The molecule has 0 amide bonds. The monoisotopic (exact) mass is 262 g/mol. The Balaban J connectivity index is 1.73. The lowest BCUT2D eigenvalue weighted by atomic mass is 9.83. The van der Waals surface area contributed by atoms with Crippen LogP contribution in [0.5, 0.6) is 0 Å². The van der Waals surface area contributed by atoms with Crippen molar-refractivity contribution < 1.29 is 0 Å². The largest absolute Gasteiger partial charge is 0.382 e. The van der Waals surface area contributed by atoms with Gasteiger partial charge in [0.15, 0.2) is 0 Å². The zero-order valence-electron chi connectivity index (χ0n) is 12.4. The first kappa shape index (κ1) is 14.1. The van der Waals surface area contributed by atoms with Crippen LogP contribution in [0.2, 0.25) is 0 Å². The third-order valence-electron chi connectivity index (χ3n) is 3.78. The van der Waals surface area contributed by atoms with Crippen LogP contribution in [0.15, 0.2) is 23.9 Å². The fourth-order valence-electron chi connectivity index (χ4n) is 2.55. The molecular formula is C15H26N4. The van der Waals surface area contributed by atoms with Crippen molar-refractivity contribution in [1.82, 2.24) is 14.7 Å². The third-order valence-corrected chi connectivity index (χ3v) is 3.78. The predicted octanol–water partition coefficient (Wildman–Crippen LogP) is 2.53. The first-order valence-electron chi connectivity index (χ1n) is 7.16. The highest BCUT2D eigenvalue weighted by Gasteiger charge is 2.20. The Hall–Kier alpha value is -1.29. The third kappa shape index (κ3) is 4.10. The van der Waals surface area contributed by atoms with Gasteiger partial charge in [0.25, 0.3) is 0 Å². The molecule has 19 heavy (non-hydrogen) atoms. The van der Waals surface area contributed by atoms with E-state index in [2.05, 4.69) is 36.8 Å². The summed E-state index contributed by atoms with van der Waals surface area (Å²) in [5.41, 5.74) is 7.53. The van der Waals surface area contributed by atoms with Gasteiger partial charge < -0.3 is 5.73 Å². The van der Waals surface area contributed by atoms with Gasteiger partial charge in [0.05, 0.1) is 0 Å². The number of anilines is 1. The molecule has 1 aromatic heterocycles. The van der Waals surface area contributed by atoms with Crippen LogP contribution in [0.1, 0.15) is 33.6 Å². The number of nitrogen functional groups attached to an aromatic ring is 1. The lowest BCUT2D eigenvalue weighted by molar-refractivity contribution is 0.269. The number of aryl methyl sites for hydroxylation is 1. The van der Waals surface area contributed by atoms with E-state index in [4.69, 9.17) is 5.73 Å². The van der Waals surface area contributed by atoms with E-state index in [1.54, 1.807) is 5.57 Å². The van der Waals surface area contributed by atoms with Gasteiger partial charge >= 0.3 is 0 Å². The van der Waals surface area contributed by atoms with E-state index in [0.29, 0.717) is 11.2 Å². The zero-order chi connectivity index (χ0) is 13.9. The molecule has 1 aliphatic rings. The molecule has 1 aliphatic heterocycles. The van der Waals surface area contributed by atoms with Crippen LogP contribution >= 0.6 is 0 Å². The Kier molecular flexibility index (Phi) is 4.30. The molecule has 0 spiro atoms. The molecule has 0 saturated carbocycles. The smallest absolute Gasteiger partial charge is 0.145 e. The average Bonchev–Trinajstić information content (AvgIpc) is 2.75. The molecular weight excluding hydrogens is 236 g/mol. The molecule has 0 fully saturated rings. The maximum atomic E-state index is 5.60. The summed E-state index contributed by atoms with van der Waals surface area (Å²) in [6.07, 6.45) is 6.69. The first-order chi connectivity index (χ1) is 8.95. The van der Waals surface area contributed by atoms with Crippen LogP contribution in [0, 0.1) is 5.41 Å². The summed E-state index contributed by atoms with van der Waals surface area (Å²) in [5.74, 6) is 0.607. The fourth-order valence-corrected chi connectivity index (χ4v) is 2.55. The van der Waals surface area contributed by atoms with Crippen LogP contribution in [0.25, 0.3) is 0 Å². The van der Waals surface area contributed by atoms with Gasteiger partial charge in [0.1, 0.15) is 5.82 Å². The topological polar surface area (TPSA) is 47.1 Å². The molecule has 4 heteroatoms. The summed E-state index contributed by atoms with van der Waals surface area (Å²) in [7, 11) is 0. The van der Waals surface area contributed by atoms with Crippen molar-refractivity contribution in [3.8, 4) is 0 Å². The number of hydrogen-bond donors (Lipinski definition) is 1. The number of nitrogens with two attached hydrogens (primary N) is 1. The van der Waals surface area contributed by atoms with E-state index in [-0.39, 0.29) is 0 Å². The Morgan fingerprint density at radius 3 is 2.63 bits per heavy atom. The van der Waals surface area contributed by atoms with Crippen LogP contribution in [0.4, 0.5) is 5.82 Å². The molecule has 0 aromatic carbocycles. The predicted molar refractivity (Wildman–Crippen MR) is 79.9 cm³/mol. The van der Waals surface area contributed by atoms with Gasteiger partial charge in [0.2, 0.25) is 0 Å². The lowest BCUT2D eigenvalue weighted by Gasteiger charge is -2.32. The van der Waals surface area contributed by atoms with E-state index in [1.807, 2.05) is 16.9 Å². The van der Waals surface area contributed by atoms with Gasteiger partial charge in [-0.15, -0.1) is 0 Å². The molecule has 0 aliphatic carbocycles. The second-order valence-corrected chi connectivity index (χ2v) is 6.39. The van der Waals surface area contributed by atoms with Gasteiger partial charge in [0, 0.05) is 32.4 Å². The minimum Gasteiger partial charge on any atom is -0.382 e. The number of aromatic nitrogens is 2. The highest BCUT2D eigenvalue weighted by molar-refractivity contribution is 5.23. The molecule has 2 heterocycles. The van der Waals surface area contributed by atoms with E-state index >= 15 is 0 Å². The standard InChI is InChI=1S/C15H26N4/c1-15(2,3)13-5-10-18(11-6-13)8-4-9-19-12-7-14(16)17-19/h5,7,12H,4,6,8-11H2,1-3H3,(H2,16,17). The van der Waals surface area contributed by atoms with Gasteiger partial charge in [-0.2, -0.15) is 5.10 Å². The number of hydrogen-bond acceptors (Lipinski definition) is 3. The molecule has 106 valence electrons. The van der Waals surface area contributed by atoms with Crippen molar-refractivity contribution in [2.75, 3.05) is 25.4 Å². The Labute approximate surface area is 116 Å². The summed E-state index contributed by atoms with van der Waals surface area (Å²) in [6.45, 7) is 11.3. The molecule has 2 rings (SSSR count). The van der Waals surface area contributed by atoms with Gasteiger partial charge in [-0.3, -0.25) is 9.58 Å². The molecule has 1 aromatic rings. The fraction of sp³-hybridized carbons (Fsp3) is 0.667. The molecule has 4 nitrogen and oxygen atoms in total. The quantitative estimate of drug-likeness (QED) is 0.848. The molecule has 0 bridgehead atoms. The van der Waals surface area contributed by atoms with Crippen molar-refractivity contribution >= 4 is 5.82 Å². The van der Waals surface area contributed by atoms with Crippen LogP contribution in [0.3, 0.4) is 0 Å². The van der Waals surface area contributed by atoms with Crippen LogP contribution < -0.4 is 5.73 Å². The molecule has 0 atom stereocenters. The molecule has 0 unspecified atom stereocenters. The van der Waals surface area contributed by atoms with Crippen molar-refractivity contribution in [3.05, 3.63) is 23.9 Å². The molecule has 2 N–H and O–H groups in total. The summed E-state index contributed by atoms with van der Waals surface area (Å²) in [5, 5.41) is 4.20. The van der Waals surface area contributed by atoms with Crippen molar-refractivity contribution in [2.45, 2.75) is 40.2 Å². The Morgan fingerprint density at radius 1 is 1.32 bits per heavy atom. The van der Waals surface area contributed by atoms with E-state index < -0.39 is 0 Å². The first-order valence-corrected chi connectivity index (χ1v) is 7.16. The second-order valence-electron chi connectivity index (χ2n) is 6.39. The summed E-state index contributed by atoms with van der Waals surface area (Å²) < 4.78 is 1.93. The summed E-state index contributed by atoms with van der Waals surface area (Å²) in [6, 6.07) is 1.85. The van der Waals surface area contributed by atoms with Crippen molar-refractivity contribution in [2.24, 2.45) is 5.41 Å². The molecule has 0 radical (unpaired) electrons. The zero-order valence-corrected chi connectivity index (χ0v) is 12.4. The second kappa shape index (κ2) is 5.78. The minimum absolute atomic E-state index is 0.332. The Bertz CT molecular complexity index is 439. The molecule has 0 saturated heterocycles. The van der Waals surface area contributed by atoms with E-state index in [1.165, 1.54) is 13.0 Å². The normalized spacial score (nSPS) is 17.5. The van der Waals surface area contributed by atoms with E-state index in [0.717, 1.165) is 26.1 Å². The summed E-state index contributed by atoms with van der Waals surface area (Å²) >= 11 is 0. The highest BCUT2D eigenvalue weighted by Crippen LogP contribution is 2.29. The number of nitrogens with zero attached hydrogens (tertiary/aromatic N) is 3. The van der Waals surface area contributed by atoms with E-state index in [9.17, 15) is 0 Å². The highest BCUT2D eigenvalue weighted by atomic mass is 15.3. The van der Waals surface area contributed by atoms with Crippen molar-refractivity contribution in [3.63, 3.8) is 0 Å². The van der Waals surface area contributed by atoms with Gasteiger partial charge in [-0.05, 0) is 24.3 Å². The number of rotatable bonds is 4. The average molecular weight is 262 g/mol. The SMILES string of the molecule is CC(C)(C)C1=CCN(CCCn2ccc(N)n2)CC1. The minimum atomic E-state index is 0.332. The van der Waals surface area contributed by atoms with Crippen LogP contribution in [-0.4, -0.2) is 34.3 Å². The van der Waals surface area contributed by atoms with Crippen molar-refractivity contribution in [1.29, 1.82) is 0 Å². The maximum absolute atomic E-state index is 5.60.